The van der Waals surface area contributed by atoms with Crippen LogP contribution in [0.5, 0.6) is 0 Å². The number of thioether (sulfide) groups is 1. The molecule has 1 aromatic heterocycles. The Bertz CT molecular complexity index is 490. The molecule has 2 aromatic rings. The molecule has 2 rings (SSSR count). The van der Waals surface area contributed by atoms with Crippen LogP contribution in [0.15, 0.2) is 48.8 Å². The summed E-state index contributed by atoms with van der Waals surface area (Å²) in [6.07, 6.45) is 3.76. The van der Waals surface area contributed by atoms with E-state index < -0.39 is 0 Å². The zero-order valence-electron chi connectivity index (χ0n) is 9.80. The number of nitrogens with zero attached hydrogens (tertiary/aromatic N) is 1. The molecule has 0 radical (unpaired) electrons. The van der Waals surface area contributed by atoms with E-state index in [-0.39, 0.29) is 5.78 Å². The van der Waals surface area contributed by atoms with Gasteiger partial charge in [-0.1, -0.05) is 30.3 Å². The van der Waals surface area contributed by atoms with Gasteiger partial charge in [0.05, 0.1) is 5.75 Å². The molecule has 0 amide bonds. The normalized spacial score (nSPS) is 10.4. The molecule has 1 heterocycles. The predicted molar refractivity (Wildman–Crippen MR) is 72.3 cm³/mol. The van der Waals surface area contributed by atoms with Crippen LogP contribution in [0.25, 0.3) is 0 Å². The lowest BCUT2D eigenvalue weighted by Crippen LogP contribution is -2.01. The summed E-state index contributed by atoms with van der Waals surface area (Å²) in [5.41, 5.74) is 2.06. The van der Waals surface area contributed by atoms with E-state index in [0.717, 1.165) is 11.3 Å². The molecule has 0 N–H and O–H groups in total. The van der Waals surface area contributed by atoms with Gasteiger partial charge in [0.15, 0.2) is 5.78 Å². The third kappa shape index (κ3) is 3.49. The first-order chi connectivity index (χ1) is 8.25. The van der Waals surface area contributed by atoms with Crippen LogP contribution in [-0.2, 0) is 12.8 Å². The van der Waals surface area contributed by atoms with E-state index in [1.807, 2.05) is 48.3 Å². The quantitative estimate of drug-likeness (QED) is 0.755. The number of aryl methyl sites for hydroxylation is 1. The number of benzene rings is 1. The molecule has 88 valence electrons. The molecular weight excluding hydrogens is 230 g/mol. The van der Waals surface area contributed by atoms with Crippen LogP contribution < -0.4 is 0 Å². The van der Waals surface area contributed by atoms with Crippen molar-refractivity contribution in [2.24, 2.45) is 7.05 Å². The maximum absolute atomic E-state index is 11.8. The van der Waals surface area contributed by atoms with Crippen LogP contribution in [-0.4, -0.2) is 16.1 Å². The molecule has 17 heavy (non-hydrogen) atoms. The third-order valence-corrected chi connectivity index (χ3v) is 3.50. The van der Waals surface area contributed by atoms with Crippen LogP contribution in [0, 0.1) is 0 Å². The fourth-order valence-electron chi connectivity index (χ4n) is 1.59. The summed E-state index contributed by atoms with van der Waals surface area (Å²) in [5, 5.41) is 0. The molecular formula is C14H15NOS. The second-order valence-electron chi connectivity index (χ2n) is 3.97. The topological polar surface area (TPSA) is 22.0 Å². The van der Waals surface area contributed by atoms with Crippen molar-refractivity contribution >= 4 is 17.5 Å². The molecule has 0 spiro atoms. The Labute approximate surface area is 106 Å². The first kappa shape index (κ1) is 12.0. The Hall–Kier alpha value is -1.48. The van der Waals surface area contributed by atoms with E-state index in [2.05, 4.69) is 12.1 Å². The molecule has 0 aliphatic carbocycles. The van der Waals surface area contributed by atoms with Crippen LogP contribution >= 0.6 is 11.8 Å². The van der Waals surface area contributed by atoms with E-state index in [4.69, 9.17) is 0 Å². The predicted octanol–water partition coefficient (Wildman–Crippen LogP) is 3.14. The van der Waals surface area contributed by atoms with Crippen molar-refractivity contribution in [2.45, 2.75) is 5.75 Å². The summed E-state index contributed by atoms with van der Waals surface area (Å²) in [6, 6.07) is 12.1. The smallest absolute Gasteiger partial charge is 0.174 e. The van der Waals surface area contributed by atoms with Crippen LogP contribution in [0.3, 0.4) is 0 Å². The van der Waals surface area contributed by atoms with Crippen LogP contribution in [0.2, 0.25) is 0 Å². The number of carbonyl (C=O) groups is 1. The average molecular weight is 245 g/mol. The van der Waals surface area contributed by atoms with Crippen molar-refractivity contribution in [3.05, 3.63) is 59.9 Å². The van der Waals surface area contributed by atoms with Crippen molar-refractivity contribution in [1.82, 2.24) is 4.57 Å². The zero-order chi connectivity index (χ0) is 12.1. The first-order valence-electron chi connectivity index (χ1n) is 5.52. The van der Waals surface area contributed by atoms with Crippen molar-refractivity contribution in [1.29, 1.82) is 0 Å². The second kappa shape index (κ2) is 5.73. The van der Waals surface area contributed by atoms with Crippen LogP contribution in [0.1, 0.15) is 15.9 Å². The highest BCUT2D eigenvalue weighted by Crippen LogP contribution is 2.14. The molecule has 0 saturated carbocycles. The number of Topliss-reactive ketones (excluding diaryl/α,β-unsaturated/α-hetero) is 1. The monoisotopic (exact) mass is 245 g/mol. The highest BCUT2D eigenvalue weighted by atomic mass is 32.2. The maximum atomic E-state index is 11.8. The lowest BCUT2D eigenvalue weighted by Gasteiger charge is -2.00. The SMILES string of the molecule is Cn1ccc(C(=O)CSCc2ccccc2)c1. The Morgan fingerprint density at radius 1 is 1.24 bits per heavy atom. The Balaban J connectivity index is 1.81. The molecule has 0 aliphatic rings. The molecule has 0 unspecified atom stereocenters. The van der Waals surface area contributed by atoms with E-state index in [0.29, 0.717) is 5.75 Å². The number of rotatable bonds is 5. The highest BCUT2D eigenvalue weighted by Gasteiger charge is 2.06. The standard InChI is InChI=1S/C14H15NOS/c1-15-8-7-13(9-15)14(16)11-17-10-12-5-3-2-4-6-12/h2-9H,10-11H2,1H3. The Morgan fingerprint density at radius 2 is 2.00 bits per heavy atom. The average Bonchev–Trinajstić information content (AvgIpc) is 2.77. The molecule has 1 aromatic carbocycles. The van der Waals surface area contributed by atoms with Gasteiger partial charge in [0, 0.05) is 30.8 Å². The van der Waals surface area contributed by atoms with Gasteiger partial charge in [-0.15, -0.1) is 11.8 Å². The van der Waals surface area contributed by atoms with E-state index in [1.54, 1.807) is 11.8 Å². The molecule has 0 bridgehead atoms. The molecule has 0 aliphatic heterocycles. The fourth-order valence-corrected chi connectivity index (χ4v) is 2.47. The maximum Gasteiger partial charge on any atom is 0.174 e. The van der Waals surface area contributed by atoms with Gasteiger partial charge in [-0.3, -0.25) is 4.79 Å². The minimum atomic E-state index is 0.200. The molecule has 2 nitrogen and oxygen atoms in total. The van der Waals surface area contributed by atoms with E-state index in [9.17, 15) is 4.79 Å². The summed E-state index contributed by atoms with van der Waals surface area (Å²) in [4.78, 5) is 11.8. The van der Waals surface area contributed by atoms with Gasteiger partial charge in [-0.2, -0.15) is 0 Å². The summed E-state index contributed by atoms with van der Waals surface area (Å²) in [6.45, 7) is 0. The summed E-state index contributed by atoms with van der Waals surface area (Å²) in [7, 11) is 1.92. The van der Waals surface area contributed by atoms with Gasteiger partial charge in [0.25, 0.3) is 0 Å². The second-order valence-corrected chi connectivity index (χ2v) is 4.95. The Kier molecular flexibility index (Phi) is 4.04. The zero-order valence-corrected chi connectivity index (χ0v) is 10.6. The van der Waals surface area contributed by atoms with Crippen molar-refractivity contribution in [3.8, 4) is 0 Å². The van der Waals surface area contributed by atoms with E-state index in [1.165, 1.54) is 5.56 Å². The van der Waals surface area contributed by atoms with Gasteiger partial charge in [-0.25, -0.2) is 0 Å². The molecule has 3 heteroatoms. The third-order valence-electron chi connectivity index (χ3n) is 2.50. The minimum absolute atomic E-state index is 0.200. The molecule has 0 atom stereocenters. The van der Waals surface area contributed by atoms with Crippen molar-refractivity contribution in [2.75, 3.05) is 5.75 Å². The molecule has 0 saturated heterocycles. The van der Waals surface area contributed by atoms with Gasteiger partial charge in [0.1, 0.15) is 0 Å². The van der Waals surface area contributed by atoms with Crippen molar-refractivity contribution in [3.63, 3.8) is 0 Å². The summed E-state index contributed by atoms with van der Waals surface area (Å²) in [5.74, 6) is 1.63. The number of carbonyl (C=O) groups excluding carboxylic acids is 1. The van der Waals surface area contributed by atoms with Gasteiger partial charge < -0.3 is 4.57 Å². The Morgan fingerprint density at radius 3 is 2.65 bits per heavy atom. The largest absolute Gasteiger partial charge is 0.357 e. The van der Waals surface area contributed by atoms with E-state index >= 15 is 0 Å². The van der Waals surface area contributed by atoms with Gasteiger partial charge >= 0.3 is 0 Å². The molecule has 0 fully saturated rings. The number of aromatic nitrogens is 1. The van der Waals surface area contributed by atoms with Crippen LogP contribution in [0.4, 0.5) is 0 Å². The van der Waals surface area contributed by atoms with Crippen molar-refractivity contribution < 1.29 is 4.79 Å². The fraction of sp³-hybridized carbons (Fsp3) is 0.214. The number of ketones is 1. The van der Waals surface area contributed by atoms with Gasteiger partial charge in [0.2, 0.25) is 0 Å². The summed E-state index contributed by atoms with van der Waals surface area (Å²) < 4.78 is 1.90. The number of hydrogen-bond donors (Lipinski definition) is 0. The van der Waals surface area contributed by atoms with Gasteiger partial charge in [-0.05, 0) is 11.6 Å². The summed E-state index contributed by atoms with van der Waals surface area (Å²) >= 11 is 1.66. The lowest BCUT2D eigenvalue weighted by molar-refractivity contribution is 0.102. The minimum Gasteiger partial charge on any atom is -0.357 e. The lowest BCUT2D eigenvalue weighted by atomic mass is 10.2. The number of hydrogen-bond acceptors (Lipinski definition) is 2. The first-order valence-corrected chi connectivity index (χ1v) is 6.68. The highest BCUT2D eigenvalue weighted by molar-refractivity contribution is 7.99.